The van der Waals surface area contributed by atoms with Crippen LogP contribution in [-0.2, 0) is 35.2 Å². The van der Waals surface area contributed by atoms with Gasteiger partial charge in [-0.25, -0.2) is 13.2 Å². The SMILES string of the molecule is Cc1cc(C)c(C)c(-c2ccc3c(C4CCCC4)c(F)ccc3[n+]2C)c1.Cc1cc(C)c(C)c(-c2ccc3c(C4CCCC4)cccc3[n+]2C)c1.Cc1cc(C)c(C)c(-c2ccc3ccc(C4CCCC4)cc3[n+]2C)c1.Cc1ccc(C)c(-c2ccc3c(C4CCCC4)c(F)ccc3[n+]2C)c1.Cc1ccc(C)c(-c2ccc3cc(F)c(C4CCCC4)cc3[n+]2C)c1. The first-order valence-electron chi connectivity index (χ1n) is 47.3. The maximum absolute atomic E-state index is 14.7. The number of halogens is 3. The minimum absolute atomic E-state index is 0.0419. The Balaban J connectivity index is 0.000000116. The highest BCUT2D eigenvalue weighted by molar-refractivity contribution is 5.86. The first-order chi connectivity index (χ1) is 60.7. The van der Waals surface area contributed by atoms with Crippen LogP contribution in [0.25, 0.3) is 111 Å². The zero-order valence-electron chi connectivity index (χ0n) is 78.5. The summed E-state index contributed by atoms with van der Waals surface area (Å²) in [6, 6.07) is 73.7. The second-order valence-electron chi connectivity index (χ2n) is 38.5. The summed E-state index contributed by atoms with van der Waals surface area (Å²) in [5, 5.41) is 5.88. The average Bonchev–Trinajstić information content (AvgIpc) is 0.898. The first-order valence-corrected chi connectivity index (χ1v) is 47.3. The molecule has 0 atom stereocenters. The number of benzene rings is 10. The fourth-order valence-corrected chi connectivity index (χ4v) is 22.4. The maximum atomic E-state index is 14.7. The van der Waals surface area contributed by atoms with Crippen molar-refractivity contribution in [1.82, 2.24) is 0 Å². The van der Waals surface area contributed by atoms with Crippen LogP contribution in [0.3, 0.4) is 0 Å². The Hall–Kier alpha value is -11.0. The monoisotopic (exact) mass is 1680 g/mol. The van der Waals surface area contributed by atoms with Gasteiger partial charge in [0.25, 0.3) is 0 Å². The Morgan fingerprint density at radius 3 is 0.992 bits per heavy atom. The molecule has 20 rings (SSSR count). The first kappa shape index (κ1) is 88.5. The predicted octanol–water partition coefficient (Wildman–Crippen LogP) is 29.4. The van der Waals surface area contributed by atoms with Crippen molar-refractivity contribution in [1.29, 1.82) is 0 Å². The molecule has 5 heterocycles. The van der Waals surface area contributed by atoms with E-state index in [1.54, 1.807) is 23.8 Å². The van der Waals surface area contributed by atoms with Crippen molar-refractivity contribution in [2.24, 2.45) is 35.2 Å². The van der Waals surface area contributed by atoms with Gasteiger partial charge in [0.1, 0.15) is 52.7 Å². The number of nitrogens with zero attached hydrogens (tertiary/aromatic N) is 5. The summed E-state index contributed by atoms with van der Waals surface area (Å²) < 4.78 is 55.4. The highest BCUT2D eigenvalue weighted by atomic mass is 19.1. The number of pyridine rings is 5. The molecule has 0 unspecified atom stereocenters. The standard InChI is InChI=1S/C24H27FN.2C24H28N.2C23H25FN/c1-15-13-16(2)17(3)20(14-15)23-11-9-19-22(26(23)4)12-10-21(25)24(19)18-7-5-6-8-18;1-16-14-17(2)18(3)22(15-16)24-13-12-21-20(19-8-5-6-9-19)10-7-11-23(21)25(24)4;1-16-13-17(2)18(3)22(14-16)23-12-11-20-9-10-21(15-24(20)25(23)4)19-7-5-6-8-19;1-15-8-9-16(2)19(14-15)22-12-10-18-21(25(22)3)13-11-20(24)23(18)17-6-4-5-7-17;1-15-8-9-16(2)19(12-15)22-11-10-18-13-21(24)20(14-23(18)25(22)3)17-6-4-5-7-17/h9-14,18H,5-8H2,1-4H3;7,10-15,19H,5-6,8-9H2,1-4H3;9-15,19H,5-8H2,1-4H3;2*8-14,17H,4-7H2,1-3H3/q5*+1. The summed E-state index contributed by atoms with van der Waals surface area (Å²) in [5.74, 6) is 2.50. The van der Waals surface area contributed by atoms with Crippen molar-refractivity contribution in [3.8, 4) is 56.3 Å². The fraction of sp³-hybridized carbons (Fsp3) is 0.364. The molecule has 0 amide bonds. The van der Waals surface area contributed by atoms with Crippen LogP contribution in [0.2, 0.25) is 0 Å². The summed E-state index contributed by atoms with van der Waals surface area (Å²) in [6.07, 6.45) is 24.9. The van der Waals surface area contributed by atoms with E-state index < -0.39 is 0 Å². The minimum atomic E-state index is -0.0427. The van der Waals surface area contributed by atoms with Crippen LogP contribution in [0.4, 0.5) is 13.2 Å². The summed E-state index contributed by atoms with van der Waals surface area (Å²) in [4.78, 5) is 0. The third-order valence-electron chi connectivity index (χ3n) is 30.0. The minimum Gasteiger partial charge on any atom is -0.207 e. The Labute approximate surface area is 749 Å². The third-order valence-corrected chi connectivity index (χ3v) is 30.0. The van der Waals surface area contributed by atoms with E-state index in [0.717, 1.165) is 99.8 Å². The van der Waals surface area contributed by atoms with E-state index in [4.69, 9.17) is 0 Å². The number of hydrogen-bond acceptors (Lipinski definition) is 0. The van der Waals surface area contributed by atoms with Gasteiger partial charge in [-0.3, -0.25) is 0 Å². The molecule has 10 aromatic carbocycles. The largest absolute Gasteiger partial charge is 0.213 e. The van der Waals surface area contributed by atoms with Crippen molar-refractivity contribution in [2.45, 2.75) is 248 Å². The molecule has 5 aliphatic rings. The molecule has 0 saturated heterocycles. The van der Waals surface area contributed by atoms with Crippen LogP contribution < -0.4 is 22.8 Å². The molecule has 0 bridgehead atoms. The highest BCUT2D eigenvalue weighted by Gasteiger charge is 2.32. The van der Waals surface area contributed by atoms with E-state index >= 15 is 0 Å². The molecular formula is C118H133F3N5+5. The van der Waals surface area contributed by atoms with Crippen LogP contribution >= 0.6 is 0 Å². The van der Waals surface area contributed by atoms with Gasteiger partial charge in [-0.2, -0.15) is 22.8 Å². The van der Waals surface area contributed by atoms with Crippen molar-refractivity contribution >= 4 is 54.5 Å². The van der Waals surface area contributed by atoms with E-state index in [1.807, 2.05) is 18.2 Å². The van der Waals surface area contributed by atoms with E-state index in [9.17, 15) is 13.2 Å². The zero-order valence-corrected chi connectivity index (χ0v) is 78.5. The average molecular weight is 1680 g/mol. The summed E-state index contributed by atoms with van der Waals surface area (Å²) >= 11 is 0. The molecule has 0 N–H and O–H groups in total. The number of aromatic nitrogens is 5. The van der Waals surface area contributed by atoms with Gasteiger partial charge in [-0.15, -0.1) is 0 Å². The van der Waals surface area contributed by atoms with E-state index in [0.29, 0.717) is 17.8 Å². The highest BCUT2D eigenvalue weighted by Crippen LogP contribution is 2.45. The van der Waals surface area contributed by atoms with Gasteiger partial charge in [-0.05, 0) is 330 Å². The van der Waals surface area contributed by atoms with Gasteiger partial charge < -0.3 is 0 Å². The quantitative estimate of drug-likeness (QED) is 0.122. The van der Waals surface area contributed by atoms with E-state index in [1.165, 1.54) is 246 Å². The van der Waals surface area contributed by atoms with Gasteiger partial charge in [0, 0.05) is 116 Å². The molecule has 5 saturated carbocycles. The molecule has 15 aromatic rings. The molecule has 5 aromatic heterocycles. The normalized spacial score (nSPS) is 15.2. The number of aryl methyl sites for hydroxylation is 15. The van der Waals surface area contributed by atoms with Crippen LogP contribution in [-0.4, -0.2) is 0 Å². The fourth-order valence-electron chi connectivity index (χ4n) is 22.4. The van der Waals surface area contributed by atoms with Gasteiger partial charge in [-0.1, -0.05) is 153 Å². The Kier molecular flexibility index (Phi) is 26.6. The molecule has 0 radical (unpaired) electrons. The van der Waals surface area contributed by atoms with E-state index in [-0.39, 0.29) is 17.5 Å². The molecule has 0 spiro atoms. The molecule has 0 aliphatic heterocycles. The van der Waals surface area contributed by atoms with Crippen LogP contribution in [0.5, 0.6) is 0 Å². The maximum Gasteiger partial charge on any atom is 0.213 e. The smallest absolute Gasteiger partial charge is 0.207 e. The Bertz CT molecular complexity index is 6520. The van der Waals surface area contributed by atoms with Crippen molar-refractivity contribution in [2.75, 3.05) is 0 Å². The molecule has 5 fully saturated rings. The molecular weight excluding hydrogens is 1540 g/mol. The zero-order chi connectivity index (χ0) is 88.6. The Morgan fingerprint density at radius 1 is 0.230 bits per heavy atom. The summed E-state index contributed by atoms with van der Waals surface area (Å²) in [5.41, 5.74) is 41.6. The third kappa shape index (κ3) is 18.1. The van der Waals surface area contributed by atoms with Gasteiger partial charge in [0.15, 0.2) is 0 Å². The van der Waals surface area contributed by atoms with Crippen LogP contribution in [0, 0.1) is 107 Å². The lowest BCUT2D eigenvalue weighted by Gasteiger charge is -2.15. The second-order valence-corrected chi connectivity index (χ2v) is 38.5. The molecule has 5 nitrogen and oxygen atoms in total. The Morgan fingerprint density at radius 2 is 0.563 bits per heavy atom. The lowest BCUT2D eigenvalue weighted by atomic mass is 9.92. The van der Waals surface area contributed by atoms with Gasteiger partial charge in [0.05, 0.1) is 10.8 Å². The molecule has 5 aliphatic carbocycles. The molecule has 8 heteroatoms. The number of fused-ring (bicyclic) bond motifs is 5. The van der Waals surface area contributed by atoms with Crippen molar-refractivity contribution in [3.05, 3.63) is 324 Å². The van der Waals surface area contributed by atoms with Crippen LogP contribution in [0.15, 0.2) is 206 Å². The summed E-state index contributed by atoms with van der Waals surface area (Å²) in [6.45, 7) is 28.3. The topological polar surface area (TPSA) is 19.4 Å². The summed E-state index contributed by atoms with van der Waals surface area (Å²) in [7, 11) is 10.7. The number of hydrogen-bond donors (Lipinski definition) is 0. The van der Waals surface area contributed by atoms with Crippen molar-refractivity contribution < 1.29 is 36.0 Å². The van der Waals surface area contributed by atoms with Gasteiger partial charge >= 0.3 is 0 Å². The predicted molar refractivity (Wildman–Crippen MR) is 520 cm³/mol. The van der Waals surface area contributed by atoms with E-state index in [2.05, 4.69) is 318 Å². The lowest BCUT2D eigenvalue weighted by Crippen LogP contribution is -2.32. The molecule has 126 heavy (non-hydrogen) atoms. The van der Waals surface area contributed by atoms with Gasteiger partial charge in [0.2, 0.25) is 56.1 Å². The second kappa shape index (κ2) is 37.9. The number of rotatable bonds is 10. The van der Waals surface area contributed by atoms with Crippen LogP contribution in [0.1, 0.15) is 258 Å². The van der Waals surface area contributed by atoms with Crippen molar-refractivity contribution in [3.63, 3.8) is 0 Å². The lowest BCUT2D eigenvalue weighted by molar-refractivity contribution is -0.633. The molecule has 646 valence electrons.